The summed E-state index contributed by atoms with van der Waals surface area (Å²) in [6.07, 6.45) is 0.813. The maximum absolute atomic E-state index is 13.6. The Kier molecular flexibility index (Phi) is 8.55. The summed E-state index contributed by atoms with van der Waals surface area (Å²) in [6, 6.07) is 17.8. The quantitative estimate of drug-likeness (QED) is 0.442. The van der Waals surface area contributed by atoms with Gasteiger partial charge in [0, 0.05) is 24.0 Å². The van der Waals surface area contributed by atoms with E-state index in [0.717, 1.165) is 17.5 Å². The number of carbonyl (C=O) groups is 1. The van der Waals surface area contributed by atoms with E-state index in [1.54, 1.807) is 23.5 Å². The van der Waals surface area contributed by atoms with Crippen molar-refractivity contribution in [1.82, 2.24) is 9.80 Å². The Labute approximate surface area is 210 Å². The number of hydrogen-bond acceptors (Lipinski definition) is 5. The highest BCUT2D eigenvalue weighted by atomic mass is 32.1. The molecule has 3 aromatic rings. The number of amides is 1. The molecule has 0 saturated carbocycles. The number of carbonyl (C=O) groups excluding carboxylic acids is 1. The fraction of sp³-hybridized carbons (Fsp3) is 0.393. The van der Waals surface area contributed by atoms with Gasteiger partial charge in [0.25, 0.3) is 0 Å². The van der Waals surface area contributed by atoms with Crippen LogP contribution in [0.3, 0.4) is 0 Å². The van der Waals surface area contributed by atoms with E-state index in [-0.39, 0.29) is 30.4 Å². The monoisotopic (exact) mass is 496 g/mol. The smallest absolute Gasteiger partial charge is 0.237 e. The SMILES string of the molecule is CC(C)N(CC(=O)N1CCc2sccc2C1COc1ccc(F)cc1)CC(O)Cc1ccccc1. The number of rotatable bonds is 10. The van der Waals surface area contributed by atoms with Crippen molar-refractivity contribution in [2.75, 3.05) is 26.2 Å². The molecule has 0 saturated heterocycles. The molecule has 5 nitrogen and oxygen atoms in total. The first-order chi connectivity index (χ1) is 16.9. The summed E-state index contributed by atoms with van der Waals surface area (Å²) < 4.78 is 19.3. The lowest BCUT2D eigenvalue weighted by molar-refractivity contribution is -0.137. The van der Waals surface area contributed by atoms with Crippen molar-refractivity contribution in [3.63, 3.8) is 0 Å². The van der Waals surface area contributed by atoms with Crippen LogP contribution in [0.25, 0.3) is 0 Å². The topological polar surface area (TPSA) is 53.0 Å². The molecule has 1 amide bonds. The average molecular weight is 497 g/mol. The maximum atomic E-state index is 13.6. The molecule has 2 unspecified atom stereocenters. The number of fused-ring (bicyclic) bond motifs is 1. The van der Waals surface area contributed by atoms with E-state index < -0.39 is 6.10 Å². The second kappa shape index (κ2) is 11.8. The van der Waals surface area contributed by atoms with E-state index in [4.69, 9.17) is 4.74 Å². The van der Waals surface area contributed by atoms with Crippen molar-refractivity contribution in [3.8, 4) is 5.75 Å². The molecule has 1 N–H and O–H groups in total. The molecule has 0 radical (unpaired) electrons. The molecule has 0 spiro atoms. The van der Waals surface area contributed by atoms with Crippen LogP contribution in [0.2, 0.25) is 0 Å². The standard InChI is InChI=1S/C28H33FN2O3S/c1-20(2)30(17-23(32)16-21-6-4-3-5-7-21)18-28(33)31-14-12-27-25(13-15-35-27)26(31)19-34-24-10-8-22(29)9-11-24/h3-11,13,15,20,23,26,32H,12,14,16-19H2,1-2H3. The molecule has 0 bridgehead atoms. The number of hydrogen-bond donors (Lipinski definition) is 1. The van der Waals surface area contributed by atoms with Gasteiger partial charge in [0.2, 0.25) is 5.91 Å². The number of thiophene rings is 1. The first-order valence-electron chi connectivity index (χ1n) is 12.1. The molecule has 2 heterocycles. The van der Waals surface area contributed by atoms with E-state index in [9.17, 15) is 14.3 Å². The lowest BCUT2D eigenvalue weighted by Gasteiger charge is -2.38. The molecule has 7 heteroatoms. The predicted molar refractivity (Wildman–Crippen MR) is 137 cm³/mol. The summed E-state index contributed by atoms with van der Waals surface area (Å²) in [7, 11) is 0. The van der Waals surface area contributed by atoms with Crippen LogP contribution in [0.1, 0.15) is 35.9 Å². The molecule has 4 rings (SSSR count). The van der Waals surface area contributed by atoms with Gasteiger partial charge in [0.1, 0.15) is 18.2 Å². The van der Waals surface area contributed by atoms with Gasteiger partial charge in [-0.1, -0.05) is 30.3 Å². The number of halogens is 1. The first kappa shape index (κ1) is 25.4. The zero-order valence-corrected chi connectivity index (χ0v) is 21.1. The molecule has 0 fully saturated rings. The summed E-state index contributed by atoms with van der Waals surface area (Å²) in [5.41, 5.74) is 2.20. The lowest BCUT2D eigenvalue weighted by atomic mass is 10.00. The summed E-state index contributed by atoms with van der Waals surface area (Å²) in [5, 5.41) is 12.8. The van der Waals surface area contributed by atoms with Crippen LogP contribution in [0.15, 0.2) is 66.0 Å². The van der Waals surface area contributed by atoms with E-state index in [2.05, 4.69) is 11.4 Å². The molecule has 35 heavy (non-hydrogen) atoms. The number of nitrogens with zero attached hydrogens (tertiary/aromatic N) is 2. The molecular formula is C28H33FN2O3S. The number of ether oxygens (including phenoxy) is 1. The van der Waals surface area contributed by atoms with Crippen LogP contribution in [-0.4, -0.2) is 59.2 Å². The largest absolute Gasteiger partial charge is 0.491 e. The molecule has 186 valence electrons. The third-order valence-electron chi connectivity index (χ3n) is 6.46. The van der Waals surface area contributed by atoms with Gasteiger partial charge in [-0.3, -0.25) is 9.69 Å². The Morgan fingerprint density at radius 2 is 1.91 bits per heavy atom. The minimum atomic E-state index is -0.560. The number of aliphatic hydroxyl groups excluding tert-OH is 1. The van der Waals surface area contributed by atoms with E-state index in [0.29, 0.717) is 31.9 Å². The highest BCUT2D eigenvalue weighted by Crippen LogP contribution is 2.34. The Morgan fingerprint density at radius 3 is 2.63 bits per heavy atom. The molecule has 0 aliphatic carbocycles. The van der Waals surface area contributed by atoms with Gasteiger partial charge in [-0.2, -0.15) is 0 Å². The second-order valence-electron chi connectivity index (χ2n) is 9.28. The highest BCUT2D eigenvalue weighted by Gasteiger charge is 2.33. The molecule has 1 aliphatic rings. The molecule has 1 aliphatic heterocycles. The maximum Gasteiger partial charge on any atom is 0.237 e. The van der Waals surface area contributed by atoms with Crippen LogP contribution in [0.4, 0.5) is 4.39 Å². The van der Waals surface area contributed by atoms with Gasteiger partial charge in [0.05, 0.1) is 18.7 Å². The van der Waals surface area contributed by atoms with Crippen molar-refractivity contribution in [2.45, 2.75) is 44.9 Å². The third kappa shape index (κ3) is 6.69. The normalized spacial score (nSPS) is 16.4. The van der Waals surface area contributed by atoms with E-state index in [1.807, 2.05) is 54.0 Å². The molecular weight excluding hydrogens is 463 g/mol. The average Bonchev–Trinajstić information content (AvgIpc) is 3.33. The lowest BCUT2D eigenvalue weighted by Crippen LogP contribution is -2.49. The van der Waals surface area contributed by atoms with Crippen LogP contribution >= 0.6 is 11.3 Å². The van der Waals surface area contributed by atoms with Crippen LogP contribution < -0.4 is 4.74 Å². The van der Waals surface area contributed by atoms with Crippen molar-refractivity contribution in [1.29, 1.82) is 0 Å². The van der Waals surface area contributed by atoms with Gasteiger partial charge in [0.15, 0.2) is 0 Å². The summed E-state index contributed by atoms with van der Waals surface area (Å²) in [6.45, 7) is 5.68. The van der Waals surface area contributed by atoms with Crippen molar-refractivity contribution >= 4 is 17.2 Å². The first-order valence-corrected chi connectivity index (χ1v) is 13.0. The summed E-state index contributed by atoms with van der Waals surface area (Å²) in [4.78, 5) is 18.8. The fourth-order valence-electron chi connectivity index (χ4n) is 4.52. The zero-order chi connectivity index (χ0) is 24.8. The Bertz CT molecular complexity index is 1090. The third-order valence-corrected chi connectivity index (χ3v) is 7.46. The van der Waals surface area contributed by atoms with Crippen LogP contribution in [-0.2, 0) is 17.6 Å². The second-order valence-corrected chi connectivity index (χ2v) is 10.3. The fourth-order valence-corrected chi connectivity index (χ4v) is 5.45. The van der Waals surface area contributed by atoms with E-state index in [1.165, 1.54) is 17.0 Å². The zero-order valence-electron chi connectivity index (χ0n) is 20.3. The van der Waals surface area contributed by atoms with Crippen molar-refractivity contribution in [3.05, 3.63) is 87.9 Å². The number of aliphatic hydroxyl groups is 1. The van der Waals surface area contributed by atoms with Gasteiger partial charge in [-0.25, -0.2) is 4.39 Å². The van der Waals surface area contributed by atoms with Gasteiger partial charge in [-0.05, 0) is 73.5 Å². The molecule has 2 aromatic carbocycles. The molecule has 1 aromatic heterocycles. The van der Waals surface area contributed by atoms with Gasteiger partial charge < -0.3 is 14.7 Å². The number of benzene rings is 2. The summed E-state index contributed by atoms with van der Waals surface area (Å²) >= 11 is 1.71. The van der Waals surface area contributed by atoms with E-state index >= 15 is 0 Å². The van der Waals surface area contributed by atoms with Gasteiger partial charge >= 0.3 is 0 Å². The minimum absolute atomic E-state index is 0.0233. The van der Waals surface area contributed by atoms with Crippen molar-refractivity contribution < 1.29 is 19.0 Å². The summed E-state index contributed by atoms with van der Waals surface area (Å²) in [5.74, 6) is 0.291. The predicted octanol–water partition coefficient (Wildman–Crippen LogP) is 4.71. The Morgan fingerprint density at radius 1 is 1.17 bits per heavy atom. The van der Waals surface area contributed by atoms with Crippen LogP contribution in [0, 0.1) is 5.82 Å². The van der Waals surface area contributed by atoms with Crippen LogP contribution in [0.5, 0.6) is 5.75 Å². The minimum Gasteiger partial charge on any atom is -0.491 e. The van der Waals surface area contributed by atoms with Gasteiger partial charge in [-0.15, -0.1) is 11.3 Å². The van der Waals surface area contributed by atoms with Crippen molar-refractivity contribution in [2.24, 2.45) is 0 Å². The highest BCUT2D eigenvalue weighted by molar-refractivity contribution is 7.10. The Hall–Kier alpha value is -2.74. The Balaban J connectivity index is 1.43. The molecule has 2 atom stereocenters.